The maximum absolute atomic E-state index is 13.4. The molecular formula is C15H23FN2. The number of anilines is 1. The third-order valence-electron chi connectivity index (χ3n) is 3.89. The molecule has 2 nitrogen and oxygen atoms in total. The smallest absolute Gasteiger partial charge is 0.146 e. The lowest BCUT2D eigenvalue weighted by molar-refractivity contribution is 0.131. The zero-order valence-electron chi connectivity index (χ0n) is 11.2. The van der Waals surface area contributed by atoms with Crippen LogP contribution in [-0.4, -0.2) is 17.5 Å². The number of para-hydroxylation sites is 1. The van der Waals surface area contributed by atoms with Crippen molar-refractivity contribution in [3.05, 3.63) is 29.6 Å². The highest BCUT2D eigenvalue weighted by atomic mass is 19.1. The van der Waals surface area contributed by atoms with Crippen LogP contribution in [0.4, 0.5) is 10.1 Å². The molecule has 1 aromatic rings. The molecular weight excluding hydrogens is 227 g/mol. The van der Waals surface area contributed by atoms with Gasteiger partial charge in [-0.1, -0.05) is 31.9 Å². The van der Waals surface area contributed by atoms with Gasteiger partial charge < -0.3 is 5.73 Å². The second kappa shape index (κ2) is 6.19. The van der Waals surface area contributed by atoms with Gasteiger partial charge in [-0.3, -0.25) is 4.90 Å². The predicted molar refractivity (Wildman–Crippen MR) is 73.8 cm³/mol. The van der Waals surface area contributed by atoms with Crippen LogP contribution in [0.15, 0.2) is 18.2 Å². The Morgan fingerprint density at radius 3 is 3.00 bits per heavy atom. The highest BCUT2D eigenvalue weighted by Crippen LogP contribution is 2.25. The first-order chi connectivity index (χ1) is 8.72. The van der Waals surface area contributed by atoms with Gasteiger partial charge in [0.25, 0.3) is 0 Å². The molecule has 1 aliphatic heterocycles. The Morgan fingerprint density at radius 2 is 2.22 bits per heavy atom. The largest absolute Gasteiger partial charge is 0.396 e. The van der Waals surface area contributed by atoms with Gasteiger partial charge in [0, 0.05) is 12.6 Å². The molecule has 0 amide bonds. The van der Waals surface area contributed by atoms with Gasteiger partial charge in [-0.15, -0.1) is 0 Å². The van der Waals surface area contributed by atoms with Crippen molar-refractivity contribution in [2.75, 3.05) is 12.3 Å². The number of nitrogens with two attached hydrogens (primary N) is 1. The second-order valence-corrected chi connectivity index (χ2v) is 5.22. The predicted octanol–water partition coefficient (Wildman–Crippen LogP) is 3.56. The molecule has 0 aromatic heterocycles. The van der Waals surface area contributed by atoms with E-state index in [2.05, 4.69) is 11.8 Å². The minimum atomic E-state index is -0.295. The van der Waals surface area contributed by atoms with Crippen LogP contribution in [0.25, 0.3) is 0 Å². The Bertz CT molecular complexity index is 390. The van der Waals surface area contributed by atoms with E-state index in [1.54, 1.807) is 6.07 Å². The summed E-state index contributed by atoms with van der Waals surface area (Å²) in [6, 6.07) is 5.76. The van der Waals surface area contributed by atoms with Gasteiger partial charge in [0.05, 0.1) is 5.69 Å². The Kier molecular flexibility index (Phi) is 4.59. The summed E-state index contributed by atoms with van der Waals surface area (Å²) in [6.07, 6.45) is 6.27. The normalized spacial score (nSPS) is 21.1. The summed E-state index contributed by atoms with van der Waals surface area (Å²) >= 11 is 0. The van der Waals surface area contributed by atoms with E-state index in [9.17, 15) is 4.39 Å². The molecule has 2 rings (SSSR count). The molecule has 0 bridgehead atoms. The fourth-order valence-corrected chi connectivity index (χ4v) is 2.87. The number of rotatable bonds is 4. The monoisotopic (exact) mass is 250 g/mol. The molecule has 1 saturated heterocycles. The summed E-state index contributed by atoms with van der Waals surface area (Å²) in [6.45, 7) is 4.12. The molecule has 100 valence electrons. The van der Waals surface area contributed by atoms with Gasteiger partial charge >= 0.3 is 0 Å². The fraction of sp³-hybridized carbons (Fsp3) is 0.600. The van der Waals surface area contributed by atoms with Gasteiger partial charge in [-0.05, 0) is 37.4 Å². The van der Waals surface area contributed by atoms with Crippen molar-refractivity contribution < 1.29 is 4.39 Å². The average molecular weight is 250 g/mol. The molecule has 1 fully saturated rings. The summed E-state index contributed by atoms with van der Waals surface area (Å²) in [5.74, 6) is -0.295. The molecule has 1 aromatic carbocycles. The molecule has 3 heteroatoms. The molecule has 1 atom stereocenters. The number of halogens is 1. The van der Waals surface area contributed by atoms with Crippen LogP contribution >= 0.6 is 0 Å². The molecule has 1 aliphatic rings. The topological polar surface area (TPSA) is 29.3 Å². The number of hydrogen-bond acceptors (Lipinski definition) is 2. The van der Waals surface area contributed by atoms with Crippen LogP contribution in [0, 0.1) is 5.82 Å². The van der Waals surface area contributed by atoms with E-state index in [0.717, 1.165) is 18.7 Å². The van der Waals surface area contributed by atoms with Gasteiger partial charge in [-0.25, -0.2) is 4.39 Å². The molecule has 1 heterocycles. The summed E-state index contributed by atoms with van der Waals surface area (Å²) in [5, 5.41) is 0. The fourth-order valence-electron chi connectivity index (χ4n) is 2.87. The Hall–Kier alpha value is -1.09. The Balaban J connectivity index is 2.08. The van der Waals surface area contributed by atoms with Crippen molar-refractivity contribution in [3.8, 4) is 0 Å². The van der Waals surface area contributed by atoms with Crippen molar-refractivity contribution in [2.24, 2.45) is 0 Å². The highest BCUT2D eigenvalue weighted by Gasteiger charge is 2.22. The maximum atomic E-state index is 13.4. The number of piperidine rings is 1. The highest BCUT2D eigenvalue weighted by molar-refractivity contribution is 5.47. The molecule has 0 aliphatic carbocycles. The number of hydrogen-bond donors (Lipinski definition) is 1. The van der Waals surface area contributed by atoms with E-state index in [0.29, 0.717) is 11.7 Å². The van der Waals surface area contributed by atoms with E-state index < -0.39 is 0 Å². The third kappa shape index (κ3) is 3.02. The first kappa shape index (κ1) is 13.3. The van der Waals surface area contributed by atoms with E-state index in [1.807, 2.05) is 6.07 Å². The van der Waals surface area contributed by atoms with Crippen LogP contribution in [0.5, 0.6) is 0 Å². The minimum absolute atomic E-state index is 0.295. The van der Waals surface area contributed by atoms with Crippen LogP contribution in [0.1, 0.15) is 44.6 Å². The molecule has 1 unspecified atom stereocenters. The SMILES string of the molecule is CCCC1CCCCN1Cc1cccc(F)c1N. The van der Waals surface area contributed by atoms with Crippen LogP contribution in [-0.2, 0) is 6.54 Å². The zero-order valence-corrected chi connectivity index (χ0v) is 11.2. The quantitative estimate of drug-likeness (QED) is 0.828. The number of benzene rings is 1. The van der Waals surface area contributed by atoms with E-state index in [1.165, 1.54) is 38.2 Å². The summed E-state index contributed by atoms with van der Waals surface area (Å²) in [5.41, 5.74) is 7.06. The number of nitrogen functional groups attached to an aromatic ring is 1. The van der Waals surface area contributed by atoms with Gasteiger partial charge in [0.15, 0.2) is 0 Å². The van der Waals surface area contributed by atoms with Crippen molar-refractivity contribution >= 4 is 5.69 Å². The van der Waals surface area contributed by atoms with Crippen LogP contribution in [0.2, 0.25) is 0 Å². The van der Waals surface area contributed by atoms with Gasteiger partial charge in [0.1, 0.15) is 5.82 Å². The molecule has 2 N–H and O–H groups in total. The number of likely N-dealkylation sites (tertiary alicyclic amines) is 1. The molecule has 0 spiro atoms. The lowest BCUT2D eigenvalue weighted by Crippen LogP contribution is -2.38. The lowest BCUT2D eigenvalue weighted by Gasteiger charge is -2.36. The lowest BCUT2D eigenvalue weighted by atomic mass is 9.97. The minimum Gasteiger partial charge on any atom is -0.396 e. The molecule has 18 heavy (non-hydrogen) atoms. The van der Waals surface area contributed by atoms with E-state index in [-0.39, 0.29) is 5.82 Å². The van der Waals surface area contributed by atoms with Crippen molar-refractivity contribution in [2.45, 2.75) is 51.6 Å². The molecule has 0 radical (unpaired) electrons. The summed E-state index contributed by atoms with van der Waals surface area (Å²) in [7, 11) is 0. The summed E-state index contributed by atoms with van der Waals surface area (Å²) in [4.78, 5) is 2.47. The van der Waals surface area contributed by atoms with Gasteiger partial charge in [-0.2, -0.15) is 0 Å². The van der Waals surface area contributed by atoms with Gasteiger partial charge in [0.2, 0.25) is 0 Å². The van der Waals surface area contributed by atoms with E-state index in [4.69, 9.17) is 5.73 Å². The first-order valence-electron chi connectivity index (χ1n) is 6.99. The van der Waals surface area contributed by atoms with Crippen molar-refractivity contribution in [3.63, 3.8) is 0 Å². The first-order valence-corrected chi connectivity index (χ1v) is 6.99. The van der Waals surface area contributed by atoms with Crippen molar-refractivity contribution in [1.29, 1.82) is 0 Å². The average Bonchev–Trinajstić information content (AvgIpc) is 2.37. The molecule has 0 saturated carbocycles. The maximum Gasteiger partial charge on any atom is 0.146 e. The van der Waals surface area contributed by atoms with Crippen molar-refractivity contribution in [1.82, 2.24) is 4.90 Å². The Morgan fingerprint density at radius 1 is 1.39 bits per heavy atom. The van der Waals surface area contributed by atoms with Crippen LogP contribution in [0.3, 0.4) is 0 Å². The zero-order chi connectivity index (χ0) is 13.0. The number of nitrogens with zero attached hydrogens (tertiary/aromatic N) is 1. The second-order valence-electron chi connectivity index (χ2n) is 5.22. The standard InChI is InChI=1S/C15H23FN2/c1-2-6-13-8-3-4-10-18(13)11-12-7-5-9-14(16)15(12)17/h5,7,9,13H,2-4,6,8,10-11,17H2,1H3. The Labute approximate surface area is 109 Å². The van der Waals surface area contributed by atoms with E-state index >= 15 is 0 Å². The summed E-state index contributed by atoms with van der Waals surface area (Å²) < 4.78 is 13.4. The third-order valence-corrected chi connectivity index (χ3v) is 3.89. The van der Waals surface area contributed by atoms with Crippen LogP contribution < -0.4 is 5.73 Å².